The SMILES string of the molecule is Cc1cc2nc(SCc3cccc(-c4cccc(CSc5nc6cc(C)c(C)cc6n5C)n4)n3)n(C)c2cc1C. The lowest BCUT2D eigenvalue weighted by Gasteiger charge is -2.07. The molecule has 0 aliphatic rings. The highest BCUT2D eigenvalue weighted by Gasteiger charge is 2.13. The maximum atomic E-state index is 4.95. The number of aryl methyl sites for hydroxylation is 6. The van der Waals surface area contributed by atoms with Crippen LogP contribution in [0, 0.1) is 27.7 Å². The van der Waals surface area contributed by atoms with Gasteiger partial charge in [0.2, 0.25) is 0 Å². The van der Waals surface area contributed by atoms with Crippen molar-refractivity contribution in [3.05, 3.63) is 94.3 Å². The van der Waals surface area contributed by atoms with Crippen molar-refractivity contribution in [1.82, 2.24) is 29.1 Å². The molecular weight excluding hydrogens is 533 g/mol. The maximum Gasteiger partial charge on any atom is 0.169 e. The Kier molecular flexibility index (Phi) is 7.15. The lowest BCUT2D eigenvalue weighted by molar-refractivity contribution is 0.814. The largest absolute Gasteiger partial charge is 0.322 e. The number of benzene rings is 2. The lowest BCUT2D eigenvalue weighted by atomic mass is 10.1. The molecule has 4 heterocycles. The van der Waals surface area contributed by atoms with E-state index in [1.807, 2.05) is 12.1 Å². The van der Waals surface area contributed by atoms with E-state index >= 15 is 0 Å². The van der Waals surface area contributed by atoms with Gasteiger partial charge in [-0.1, -0.05) is 35.7 Å². The van der Waals surface area contributed by atoms with Crippen molar-refractivity contribution < 1.29 is 0 Å². The summed E-state index contributed by atoms with van der Waals surface area (Å²) in [6.45, 7) is 8.56. The molecule has 0 atom stereocenters. The minimum atomic E-state index is 0.740. The second-order valence-electron chi connectivity index (χ2n) is 10.4. The second kappa shape index (κ2) is 10.7. The Hall–Kier alpha value is -3.62. The van der Waals surface area contributed by atoms with Crippen molar-refractivity contribution >= 4 is 45.6 Å². The first-order chi connectivity index (χ1) is 19.3. The van der Waals surface area contributed by atoms with Crippen LogP contribution in [0.2, 0.25) is 0 Å². The molecule has 6 nitrogen and oxygen atoms in total. The smallest absolute Gasteiger partial charge is 0.169 e. The summed E-state index contributed by atoms with van der Waals surface area (Å²) in [5, 5.41) is 1.99. The van der Waals surface area contributed by atoms with Gasteiger partial charge in [-0.3, -0.25) is 9.97 Å². The highest BCUT2D eigenvalue weighted by atomic mass is 32.2. The molecule has 6 rings (SSSR count). The molecule has 0 bridgehead atoms. The van der Waals surface area contributed by atoms with Gasteiger partial charge in [-0.2, -0.15) is 0 Å². The van der Waals surface area contributed by atoms with Gasteiger partial charge in [-0.15, -0.1) is 0 Å². The molecular formula is C32H32N6S2. The van der Waals surface area contributed by atoms with Gasteiger partial charge in [-0.25, -0.2) is 9.97 Å². The minimum Gasteiger partial charge on any atom is -0.322 e. The summed E-state index contributed by atoms with van der Waals surface area (Å²) < 4.78 is 4.35. The molecule has 0 aliphatic carbocycles. The van der Waals surface area contributed by atoms with Gasteiger partial charge in [0.15, 0.2) is 10.3 Å². The molecule has 0 fully saturated rings. The lowest BCUT2D eigenvalue weighted by Crippen LogP contribution is -1.97. The van der Waals surface area contributed by atoms with E-state index in [2.05, 4.69) is 99.5 Å². The molecule has 202 valence electrons. The first kappa shape index (κ1) is 26.6. The van der Waals surface area contributed by atoms with E-state index in [0.717, 1.165) is 66.7 Å². The summed E-state index contributed by atoms with van der Waals surface area (Å²) in [5.74, 6) is 1.48. The van der Waals surface area contributed by atoms with E-state index in [9.17, 15) is 0 Å². The van der Waals surface area contributed by atoms with Crippen LogP contribution < -0.4 is 0 Å². The maximum absolute atomic E-state index is 4.95. The summed E-state index contributed by atoms with van der Waals surface area (Å²) >= 11 is 3.42. The zero-order valence-corrected chi connectivity index (χ0v) is 25.3. The third kappa shape index (κ3) is 5.13. The van der Waals surface area contributed by atoms with Gasteiger partial charge in [0.1, 0.15) is 0 Å². The summed E-state index contributed by atoms with van der Waals surface area (Å²) in [7, 11) is 4.17. The number of aromatic nitrogens is 6. The molecule has 0 aliphatic heterocycles. The number of hydrogen-bond acceptors (Lipinski definition) is 6. The van der Waals surface area contributed by atoms with Crippen molar-refractivity contribution in [2.45, 2.75) is 49.5 Å². The predicted octanol–water partition coefficient (Wildman–Crippen LogP) is 7.74. The summed E-state index contributed by atoms with van der Waals surface area (Å²) in [6, 6.07) is 21.1. The van der Waals surface area contributed by atoms with E-state index < -0.39 is 0 Å². The van der Waals surface area contributed by atoms with E-state index in [-0.39, 0.29) is 0 Å². The summed E-state index contributed by atoms with van der Waals surface area (Å²) in [6.07, 6.45) is 0. The first-order valence-corrected chi connectivity index (χ1v) is 15.3. The Morgan fingerprint density at radius 1 is 0.550 bits per heavy atom. The molecule has 8 heteroatoms. The summed E-state index contributed by atoms with van der Waals surface area (Å²) in [4.78, 5) is 19.6. The molecule has 2 aromatic carbocycles. The van der Waals surface area contributed by atoms with E-state index in [4.69, 9.17) is 19.9 Å². The van der Waals surface area contributed by atoms with E-state index in [0.29, 0.717) is 0 Å². The average Bonchev–Trinajstić information content (AvgIpc) is 3.42. The molecule has 0 saturated heterocycles. The number of nitrogens with zero attached hydrogens (tertiary/aromatic N) is 6. The Morgan fingerprint density at radius 3 is 1.38 bits per heavy atom. The van der Waals surface area contributed by atoms with Crippen LogP contribution in [0.1, 0.15) is 33.6 Å². The van der Waals surface area contributed by atoms with Crippen LogP contribution in [-0.2, 0) is 25.6 Å². The molecule has 0 saturated carbocycles. The van der Waals surface area contributed by atoms with Gasteiger partial charge in [-0.05, 0) is 98.5 Å². The third-order valence-electron chi connectivity index (χ3n) is 7.48. The van der Waals surface area contributed by atoms with Gasteiger partial charge in [0, 0.05) is 25.6 Å². The van der Waals surface area contributed by atoms with Crippen LogP contribution in [0.15, 0.2) is 71.0 Å². The van der Waals surface area contributed by atoms with E-state index in [1.165, 1.54) is 22.3 Å². The number of hydrogen-bond donors (Lipinski definition) is 0. The number of imidazole rings is 2. The Morgan fingerprint density at radius 2 is 0.950 bits per heavy atom. The van der Waals surface area contributed by atoms with Gasteiger partial charge < -0.3 is 9.13 Å². The normalized spacial score (nSPS) is 11.7. The van der Waals surface area contributed by atoms with Gasteiger partial charge >= 0.3 is 0 Å². The van der Waals surface area contributed by atoms with Crippen LogP contribution in [0.3, 0.4) is 0 Å². The fourth-order valence-corrected chi connectivity index (χ4v) is 6.58. The van der Waals surface area contributed by atoms with Crippen molar-refractivity contribution in [2.24, 2.45) is 14.1 Å². The third-order valence-corrected chi connectivity index (χ3v) is 9.61. The standard InChI is InChI=1S/C32H32N6S2/c1-19-13-27-29(15-21(19)3)37(5)31(35-27)39-17-23-9-7-11-25(33-23)26-12-8-10-24(34-26)18-40-32-36-28-14-20(2)22(4)16-30(28)38(32)6/h7-16H,17-18H2,1-6H3. The first-order valence-electron chi connectivity index (χ1n) is 13.3. The molecule has 0 N–H and O–H groups in total. The van der Waals surface area contributed by atoms with Crippen molar-refractivity contribution in [2.75, 3.05) is 0 Å². The zero-order valence-electron chi connectivity index (χ0n) is 23.7. The molecule has 0 spiro atoms. The van der Waals surface area contributed by atoms with Crippen molar-refractivity contribution in [3.8, 4) is 11.4 Å². The molecule has 0 amide bonds. The topological polar surface area (TPSA) is 61.4 Å². The van der Waals surface area contributed by atoms with Crippen LogP contribution in [0.25, 0.3) is 33.5 Å². The van der Waals surface area contributed by atoms with Crippen molar-refractivity contribution in [3.63, 3.8) is 0 Å². The molecule has 4 aromatic heterocycles. The fraction of sp³-hybridized carbons (Fsp3) is 0.250. The number of thioether (sulfide) groups is 2. The van der Waals surface area contributed by atoms with Crippen molar-refractivity contribution in [1.29, 1.82) is 0 Å². The predicted molar refractivity (Wildman–Crippen MR) is 167 cm³/mol. The van der Waals surface area contributed by atoms with Gasteiger partial charge in [0.05, 0.1) is 44.8 Å². The van der Waals surface area contributed by atoms with E-state index in [1.54, 1.807) is 23.5 Å². The Bertz CT molecular complexity index is 1750. The zero-order chi connectivity index (χ0) is 28.0. The van der Waals surface area contributed by atoms with Crippen LogP contribution in [0.4, 0.5) is 0 Å². The monoisotopic (exact) mass is 564 g/mol. The fourth-order valence-electron chi connectivity index (χ4n) is 4.79. The number of fused-ring (bicyclic) bond motifs is 2. The highest BCUT2D eigenvalue weighted by molar-refractivity contribution is 7.98. The second-order valence-corrected chi connectivity index (χ2v) is 12.2. The summed E-state index contributed by atoms with van der Waals surface area (Å²) in [5.41, 5.74) is 13.3. The number of pyridine rings is 2. The highest BCUT2D eigenvalue weighted by Crippen LogP contribution is 2.29. The minimum absolute atomic E-state index is 0.740. The Labute approximate surface area is 243 Å². The molecule has 6 aromatic rings. The average molecular weight is 565 g/mol. The Balaban J connectivity index is 1.17. The van der Waals surface area contributed by atoms with Crippen LogP contribution >= 0.6 is 23.5 Å². The number of rotatable bonds is 7. The molecule has 0 radical (unpaired) electrons. The van der Waals surface area contributed by atoms with Crippen LogP contribution in [0.5, 0.6) is 0 Å². The van der Waals surface area contributed by atoms with Gasteiger partial charge in [0.25, 0.3) is 0 Å². The molecule has 0 unspecified atom stereocenters. The molecule has 40 heavy (non-hydrogen) atoms. The van der Waals surface area contributed by atoms with Crippen LogP contribution in [-0.4, -0.2) is 29.1 Å². The quantitative estimate of drug-likeness (QED) is 0.185.